The van der Waals surface area contributed by atoms with E-state index in [-0.39, 0.29) is 24.2 Å². The fourth-order valence-corrected chi connectivity index (χ4v) is 3.57. The molecule has 1 amide bonds. The molecule has 6 heteroatoms. The van der Waals surface area contributed by atoms with E-state index < -0.39 is 0 Å². The number of ether oxygens (including phenoxy) is 3. The lowest BCUT2D eigenvalue weighted by Crippen LogP contribution is -2.65. The topological polar surface area (TPSA) is 51.2 Å². The molecule has 0 bridgehead atoms. The Kier molecular flexibility index (Phi) is 5.61. The summed E-state index contributed by atoms with van der Waals surface area (Å²) in [5, 5.41) is 0. The van der Waals surface area contributed by atoms with Crippen molar-refractivity contribution in [3.8, 4) is 5.75 Å². The predicted molar refractivity (Wildman–Crippen MR) is 94.6 cm³/mol. The fraction of sp³-hybridized carbons (Fsp3) is 0.632. The van der Waals surface area contributed by atoms with Crippen LogP contribution in [-0.4, -0.2) is 74.9 Å². The van der Waals surface area contributed by atoms with Crippen LogP contribution in [0.2, 0.25) is 0 Å². The van der Waals surface area contributed by atoms with Crippen LogP contribution in [0.4, 0.5) is 0 Å². The first-order valence-electron chi connectivity index (χ1n) is 8.81. The molecule has 25 heavy (non-hydrogen) atoms. The number of likely N-dealkylation sites (tertiary alicyclic amines) is 1. The number of amides is 1. The highest BCUT2D eigenvalue weighted by Gasteiger charge is 2.47. The second kappa shape index (κ2) is 7.72. The minimum atomic E-state index is -0.108. The number of methoxy groups -OCH3 is 1. The molecule has 6 nitrogen and oxygen atoms in total. The van der Waals surface area contributed by atoms with Gasteiger partial charge < -0.3 is 19.1 Å². The van der Waals surface area contributed by atoms with Crippen LogP contribution >= 0.6 is 0 Å². The lowest BCUT2D eigenvalue weighted by Gasteiger charge is -2.53. The van der Waals surface area contributed by atoms with Gasteiger partial charge in [-0.25, -0.2) is 0 Å². The van der Waals surface area contributed by atoms with Crippen LogP contribution in [0, 0.1) is 0 Å². The zero-order valence-corrected chi connectivity index (χ0v) is 15.4. The monoisotopic (exact) mass is 348 g/mol. The third-order valence-electron chi connectivity index (χ3n) is 4.95. The molecule has 2 aliphatic rings. The van der Waals surface area contributed by atoms with Gasteiger partial charge in [-0.2, -0.15) is 0 Å². The molecule has 1 unspecified atom stereocenters. The van der Waals surface area contributed by atoms with E-state index in [0.29, 0.717) is 6.61 Å². The summed E-state index contributed by atoms with van der Waals surface area (Å²) in [5.74, 6) is 0.898. The average molecular weight is 348 g/mol. The highest BCUT2D eigenvalue weighted by Crippen LogP contribution is 2.36. The molecule has 0 N–H and O–H groups in total. The number of carbonyl (C=O) groups excluding carboxylic acids is 1. The summed E-state index contributed by atoms with van der Waals surface area (Å²) in [6, 6.07) is 8.17. The Morgan fingerprint density at radius 2 is 2.20 bits per heavy atom. The normalized spacial score (nSPS) is 22.4. The van der Waals surface area contributed by atoms with Crippen LogP contribution in [0.5, 0.6) is 5.75 Å². The summed E-state index contributed by atoms with van der Waals surface area (Å²) in [6.07, 6.45) is 1.83. The molecule has 0 radical (unpaired) electrons. The Bertz CT molecular complexity index is 599. The largest absolute Gasteiger partial charge is 0.497 e. The molecule has 2 aliphatic heterocycles. The van der Waals surface area contributed by atoms with Crippen LogP contribution in [0.3, 0.4) is 0 Å². The van der Waals surface area contributed by atoms with Gasteiger partial charge in [0.2, 0.25) is 5.91 Å². The van der Waals surface area contributed by atoms with E-state index in [1.807, 2.05) is 12.1 Å². The van der Waals surface area contributed by atoms with Crippen LogP contribution in [0.25, 0.3) is 0 Å². The SMILES string of the molecule is COc1cccc(CN2CC3(CC(OCC(=O)N(C)C)CCO3)C2)c1. The predicted octanol–water partition coefficient (Wildman–Crippen LogP) is 1.53. The first kappa shape index (κ1) is 18.2. The smallest absolute Gasteiger partial charge is 0.248 e. The number of likely N-dealkylation sites (N-methyl/N-ethyl adjacent to an activating group) is 1. The Balaban J connectivity index is 1.47. The molecular formula is C19H28N2O4. The second-order valence-corrected chi connectivity index (χ2v) is 7.24. The lowest BCUT2D eigenvalue weighted by atomic mass is 9.84. The lowest BCUT2D eigenvalue weighted by molar-refractivity contribution is -0.200. The van der Waals surface area contributed by atoms with Crippen molar-refractivity contribution in [2.45, 2.75) is 31.1 Å². The van der Waals surface area contributed by atoms with E-state index in [1.165, 1.54) is 5.56 Å². The maximum absolute atomic E-state index is 11.7. The summed E-state index contributed by atoms with van der Waals surface area (Å²) in [6.45, 7) is 3.57. The van der Waals surface area contributed by atoms with Crippen molar-refractivity contribution < 1.29 is 19.0 Å². The molecule has 0 saturated carbocycles. The number of hydrogen-bond acceptors (Lipinski definition) is 5. The fourth-order valence-electron chi connectivity index (χ4n) is 3.57. The van der Waals surface area contributed by atoms with Crippen LogP contribution < -0.4 is 4.74 Å². The van der Waals surface area contributed by atoms with Crippen LogP contribution in [0.1, 0.15) is 18.4 Å². The van der Waals surface area contributed by atoms with Gasteiger partial charge >= 0.3 is 0 Å². The zero-order chi connectivity index (χ0) is 17.9. The highest BCUT2D eigenvalue weighted by atomic mass is 16.5. The Morgan fingerprint density at radius 1 is 1.40 bits per heavy atom. The third kappa shape index (κ3) is 4.51. The summed E-state index contributed by atoms with van der Waals surface area (Å²) in [4.78, 5) is 15.6. The first-order valence-corrected chi connectivity index (χ1v) is 8.81. The maximum Gasteiger partial charge on any atom is 0.248 e. The molecule has 138 valence electrons. The molecular weight excluding hydrogens is 320 g/mol. The summed E-state index contributed by atoms with van der Waals surface area (Å²) >= 11 is 0. The highest BCUT2D eigenvalue weighted by molar-refractivity contribution is 5.76. The number of rotatable bonds is 6. The van der Waals surface area contributed by atoms with E-state index in [1.54, 1.807) is 26.1 Å². The second-order valence-electron chi connectivity index (χ2n) is 7.24. The van der Waals surface area contributed by atoms with Gasteiger partial charge in [0.25, 0.3) is 0 Å². The van der Waals surface area contributed by atoms with Gasteiger partial charge in [-0.15, -0.1) is 0 Å². The van der Waals surface area contributed by atoms with Crippen molar-refractivity contribution in [3.63, 3.8) is 0 Å². The molecule has 1 aromatic rings. The van der Waals surface area contributed by atoms with Crippen LogP contribution in [0.15, 0.2) is 24.3 Å². The molecule has 1 atom stereocenters. The Hall–Kier alpha value is -1.63. The summed E-state index contributed by atoms with van der Waals surface area (Å²) in [5.41, 5.74) is 1.14. The Labute approximate surface area is 149 Å². The van der Waals surface area contributed by atoms with Gasteiger partial charge in [0.05, 0.1) is 18.8 Å². The van der Waals surface area contributed by atoms with E-state index in [2.05, 4.69) is 17.0 Å². The van der Waals surface area contributed by atoms with E-state index in [4.69, 9.17) is 14.2 Å². The van der Waals surface area contributed by atoms with Gasteiger partial charge in [0.15, 0.2) is 0 Å². The maximum atomic E-state index is 11.7. The number of nitrogens with zero attached hydrogens (tertiary/aromatic N) is 2. The molecule has 3 rings (SSSR count). The summed E-state index contributed by atoms with van der Waals surface area (Å²) in [7, 11) is 5.19. The summed E-state index contributed by atoms with van der Waals surface area (Å²) < 4.78 is 17.2. The van der Waals surface area contributed by atoms with Gasteiger partial charge in [-0.05, 0) is 24.1 Å². The van der Waals surface area contributed by atoms with Crippen molar-refractivity contribution in [1.29, 1.82) is 0 Å². The molecule has 0 aromatic heterocycles. The number of hydrogen-bond donors (Lipinski definition) is 0. The van der Waals surface area contributed by atoms with Crippen molar-refractivity contribution in [2.75, 3.05) is 47.5 Å². The Morgan fingerprint density at radius 3 is 2.92 bits per heavy atom. The van der Waals surface area contributed by atoms with E-state index in [0.717, 1.165) is 38.2 Å². The molecule has 0 aliphatic carbocycles. The van der Waals surface area contributed by atoms with Crippen molar-refractivity contribution >= 4 is 5.91 Å². The quantitative estimate of drug-likeness (QED) is 0.780. The van der Waals surface area contributed by atoms with Gasteiger partial charge in [0, 0.05) is 46.8 Å². The average Bonchev–Trinajstić information content (AvgIpc) is 2.58. The number of carbonyl (C=O) groups is 1. The molecule has 2 fully saturated rings. The zero-order valence-electron chi connectivity index (χ0n) is 15.4. The minimum Gasteiger partial charge on any atom is -0.497 e. The number of benzene rings is 1. The minimum absolute atomic E-state index is 0.00815. The van der Waals surface area contributed by atoms with Gasteiger partial charge in [0.1, 0.15) is 12.4 Å². The first-order chi connectivity index (χ1) is 12.0. The molecule has 1 spiro atoms. The van der Waals surface area contributed by atoms with Crippen molar-refractivity contribution in [1.82, 2.24) is 9.80 Å². The van der Waals surface area contributed by atoms with Gasteiger partial charge in [-0.1, -0.05) is 12.1 Å². The van der Waals surface area contributed by atoms with Crippen molar-refractivity contribution in [2.24, 2.45) is 0 Å². The standard InChI is InChI=1S/C19H28N2O4/c1-20(2)18(22)12-24-17-7-8-25-19(10-17)13-21(14-19)11-15-5-4-6-16(9-15)23-3/h4-6,9,17H,7-8,10-14H2,1-3H3. The third-order valence-corrected chi connectivity index (χ3v) is 4.95. The van der Waals surface area contributed by atoms with Crippen molar-refractivity contribution in [3.05, 3.63) is 29.8 Å². The molecule has 2 saturated heterocycles. The van der Waals surface area contributed by atoms with E-state index >= 15 is 0 Å². The molecule has 1 aromatic carbocycles. The molecule has 2 heterocycles. The van der Waals surface area contributed by atoms with Gasteiger partial charge in [-0.3, -0.25) is 9.69 Å². The van der Waals surface area contributed by atoms with Crippen LogP contribution in [-0.2, 0) is 20.8 Å². The van der Waals surface area contributed by atoms with E-state index in [9.17, 15) is 4.79 Å².